The summed E-state index contributed by atoms with van der Waals surface area (Å²) in [6.07, 6.45) is 0. The van der Waals surface area contributed by atoms with E-state index in [1.165, 1.54) is 0 Å². The zero-order valence-electron chi connectivity index (χ0n) is 4.10. The molecule has 0 aromatic carbocycles. The molecule has 0 saturated heterocycles. The molecule has 0 atom stereocenters. The monoisotopic (exact) mass is 786 g/mol. The van der Waals surface area contributed by atoms with Crippen LogP contribution in [0.4, 0.5) is 0 Å². The summed E-state index contributed by atoms with van der Waals surface area (Å²) < 4.78 is 0. The van der Waals surface area contributed by atoms with Gasteiger partial charge in [-0.1, -0.05) is 0 Å². The predicted octanol–water partition coefficient (Wildman–Crippen LogP) is -16.5. The van der Waals surface area contributed by atoms with E-state index in [0.29, 0.717) is 0 Å². The summed E-state index contributed by atoms with van der Waals surface area (Å²) in [5, 5.41) is 0. The van der Waals surface area contributed by atoms with Gasteiger partial charge in [-0.05, 0) is 0 Å². The molecular weight excluding hydrogens is 779 g/mol. The molecule has 0 aromatic heterocycles. The van der Waals surface area contributed by atoms with Crippen molar-refractivity contribution in [2.24, 2.45) is 0 Å². The third-order valence-corrected chi connectivity index (χ3v) is 0. The molecule has 54 valence electrons. The zero-order valence-corrected chi connectivity index (χ0v) is 17.7. The van der Waals surface area contributed by atoms with Crippen LogP contribution < -0.4 is 126 Å². The molecule has 0 aliphatic heterocycles. The minimum atomic E-state index is 0. The molecule has 0 unspecified atom stereocenters. The smallest absolute Gasteiger partial charge is 1.00 e. The van der Waals surface area contributed by atoms with Crippen molar-refractivity contribution in [3.05, 3.63) is 0 Å². The zero-order chi connectivity index (χ0) is 2.00. The molecule has 1 nitrogen and oxygen atoms in total. The number of hydrogen-bond donors (Lipinski definition) is 1. The normalized spacial score (nSPS) is 0.750. The fourth-order valence-corrected chi connectivity index (χ4v) is 0. The van der Waals surface area contributed by atoms with E-state index in [1.54, 1.807) is 7.05 Å². The SMILES string of the molecule is C[NH3+].[I-].[I-].[I-].[I-].[I-].[Sn+4]. The first kappa shape index (κ1) is 55.2. The Kier molecular flexibility index (Phi) is 439. The third kappa shape index (κ3) is 47.4. The van der Waals surface area contributed by atoms with Crippen LogP contribution in [0, 0.1) is 0 Å². The van der Waals surface area contributed by atoms with Crippen LogP contribution in [0.5, 0.6) is 0 Å². The van der Waals surface area contributed by atoms with E-state index >= 15 is 0 Å². The second-order valence-electron chi connectivity index (χ2n) is 0. The molecule has 0 bridgehead atoms. The maximum atomic E-state index is 3.25. The molecule has 3 N–H and O–H groups in total. The Labute approximate surface area is 153 Å². The maximum Gasteiger partial charge on any atom is 4.00 e. The molecule has 0 heterocycles. The van der Waals surface area contributed by atoms with Gasteiger partial charge in [0.05, 0.1) is 7.05 Å². The first-order valence-corrected chi connectivity index (χ1v) is 0.707. The van der Waals surface area contributed by atoms with Gasteiger partial charge in [0.15, 0.2) is 0 Å². The van der Waals surface area contributed by atoms with Crippen LogP contribution in [0.15, 0.2) is 0 Å². The van der Waals surface area contributed by atoms with Crippen molar-refractivity contribution in [3.63, 3.8) is 0 Å². The fourth-order valence-electron chi connectivity index (χ4n) is 0. The molecular formula is CH6I5NSn. The summed E-state index contributed by atoms with van der Waals surface area (Å²) in [6, 6.07) is 0. The van der Waals surface area contributed by atoms with E-state index in [-0.39, 0.29) is 144 Å². The van der Waals surface area contributed by atoms with Crippen molar-refractivity contribution in [2.75, 3.05) is 7.05 Å². The van der Waals surface area contributed by atoms with Gasteiger partial charge in [0.2, 0.25) is 0 Å². The van der Waals surface area contributed by atoms with Crippen molar-refractivity contribution < 1.29 is 126 Å². The largest absolute Gasteiger partial charge is 4.00 e. The first-order chi connectivity index (χ1) is 1.00. The summed E-state index contributed by atoms with van der Waals surface area (Å²) in [5.41, 5.74) is 3.25. The number of quaternary nitrogens is 1. The molecule has 0 aromatic rings. The Morgan fingerprint density at radius 3 is 0.625 bits per heavy atom. The summed E-state index contributed by atoms with van der Waals surface area (Å²) in [6.45, 7) is 0. The van der Waals surface area contributed by atoms with Gasteiger partial charge in [-0.3, -0.25) is 0 Å². The van der Waals surface area contributed by atoms with E-state index in [2.05, 4.69) is 5.73 Å². The second-order valence-corrected chi connectivity index (χ2v) is 0. The topological polar surface area (TPSA) is 27.6 Å². The molecule has 0 rings (SSSR count). The van der Waals surface area contributed by atoms with Crippen molar-refractivity contribution in [2.45, 2.75) is 0 Å². The fraction of sp³-hybridized carbons (Fsp3) is 1.00. The average Bonchev–Trinajstić information content (AvgIpc) is 1.00. The summed E-state index contributed by atoms with van der Waals surface area (Å²) in [5.74, 6) is 0. The van der Waals surface area contributed by atoms with E-state index in [0.717, 1.165) is 0 Å². The van der Waals surface area contributed by atoms with Crippen LogP contribution in [0.25, 0.3) is 0 Å². The molecule has 8 heavy (non-hydrogen) atoms. The Bertz CT molecular complexity index is 12.4. The molecule has 0 aliphatic carbocycles. The second kappa shape index (κ2) is 63.6. The van der Waals surface area contributed by atoms with E-state index < -0.39 is 0 Å². The Balaban J connectivity index is -0.000000000333. The Morgan fingerprint density at radius 1 is 0.625 bits per heavy atom. The molecule has 0 radical (unpaired) electrons. The minimum absolute atomic E-state index is 0. The van der Waals surface area contributed by atoms with E-state index in [4.69, 9.17) is 0 Å². The van der Waals surface area contributed by atoms with Crippen molar-refractivity contribution in [1.29, 1.82) is 0 Å². The number of hydrogen-bond acceptors (Lipinski definition) is 0. The third-order valence-electron chi connectivity index (χ3n) is 0. The average molecular weight is 785 g/mol. The van der Waals surface area contributed by atoms with Gasteiger partial charge >= 0.3 is 23.9 Å². The van der Waals surface area contributed by atoms with Crippen LogP contribution in [0.3, 0.4) is 0 Å². The van der Waals surface area contributed by atoms with Crippen LogP contribution in [-0.4, -0.2) is 31.0 Å². The first-order valence-electron chi connectivity index (χ1n) is 0.707. The van der Waals surface area contributed by atoms with Crippen LogP contribution in [0.2, 0.25) is 0 Å². The Morgan fingerprint density at radius 2 is 0.625 bits per heavy atom. The van der Waals surface area contributed by atoms with E-state index in [9.17, 15) is 0 Å². The summed E-state index contributed by atoms with van der Waals surface area (Å²) >= 11 is 0. The van der Waals surface area contributed by atoms with Crippen molar-refractivity contribution in [1.82, 2.24) is 0 Å². The quantitative estimate of drug-likeness (QED) is 0.187. The van der Waals surface area contributed by atoms with Gasteiger partial charge in [0.25, 0.3) is 0 Å². The molecule has 0 aliphatic rings. The molecule has 0 amide bonds. The number of halogens is 5. The summed E-state index contributed by atoms with van der Waals surface area (Å²) in [4.78, 5) is 0. The van der Waals surface area contributed by atoms with Crippen LogP contribution in [0.1, 0.15) is 0 Å². The van der Waals surface area contributed by atoms with Gasteiger partial charge in [0, 0.05) is 0 Å². The van der Waals surface area contributed by atoms with Gasteiger partial charge in [-0.2, -0.15) is 0 Å². The van der Waals surface area contributed by atoms with Gasteiger partial charge in [0.1, 0.15) is 0 Å². The van der Waals surface area contributed by atoms with Gasteiger partial charge in [-0.15, -0.1) is 0 Å². The van der Waals surface area contributed by atoms with Crippen LogP contribution >= 0.6 is 0 Å². The summed E-state index contributed by atoms with van der Waals surface area (Å²) in [7, 11) is 1.75. The molecule has 0 spiro atoms. The molecule has 0 saturated carbocycles. The van der Waals surface area contributed by atoms with Crippen molar-refractivity contribution in [3.8, 4) is 0 Å². The maximum absolute atomic E-state index is 3.25. The Hall–Kier alpha value is 4.41. The van der Waals surface area contributed by atoms with Crippen molar-refractivity contribution >= 4 is 23.9 Å². The minimum Gasteiger partial charge on any atom is -1.00 e. The van der Waals surface area contributed by atoms with Gasteiger partial charge < -0.3 is 126 Å². The van der Waals surface area contributed by atoms with Gasteiger partial charge in [-0.25, -0.2) is 0 Å². The predicted molar refractivity (Wildman–Crippen MR) is 14.6 cm³/mol. The van der Waals surface area contributed by atoms with E-state index in [1.807, 2.05) is 0 Å². The van der Waals surface area contributed by atoms with Crippen LogP contribution in [-0.2, 0) is 0 Å². The number of rotatable bonds is 0. The molecule has 0 fully saturated rings. The standard InChI is InChI=1S/CH5N.5HI.Sn/c1-2;;;;;;/h2H2,1H3;5*1H;/q;;;;;;+4/p-4. The molecule has 7 heteroatoms.